The molecule has 1 spiro atoms. The summed E-state index contributed by atoms with van der Waals surface area (Å²) >= 11 is 0. The van der Waals surface area contributed by atoms with Crippen molar-refractivity contribution in [3.8, 4) is 0 Å². The zero-order valence-electron chi connectivity index (χ0n) is 14.0. The zero-order valence-corrected chi connectivity index (χ0v) is 14.0. The summed E-state index contributed by atoms with van der Waals surface area (Å²) in [7, 11) is 0. The highest BCUT2D eigenvalue weighted by molar-refractivity contribution is 5.80. The van der Waals surface area contributed by atoms with Crippen LogP contribution in [0.4, 0.5) is 0 Å². The minimum absolute atomic E-state index is 0.113. The van der Waals surface area contributed by atoms with E-state index in [1.807, 2.05) is 4.90 Å². The first kappa shape index (κ1) is 15.9. The second-order valence-electron chi connectivity index (χ2n) is 7.86. The van der Waals surface area contributed by atoms with Crippen molar-refractivity contribution in [3.63, 3.8) is 0 Å². The number of hydrogen-bond donors (Lipinski definition) is 0. The highest BCUT2D eigenvalue weighted by atomic mass is 16.5. The van der Waals surface area contributed by atoms with Crippen molar-refractivity contribution < 1.29 is 19.0 Å². The van der Waals surface area contributed by atoms with Gasteiger partial charge in [-0.1, -0.05) is 6.42 Å². The lowest BCUT2D eigenvalue weighted by Crippen LogP contribution is -2.68. The minimum Gasteiger partial charge on any atom is -0.381 e. The Morgan fingerprint density at radius 2 is 1.87 bits per heavy atom. The molecule has 0 radical (unpaired) electrons. The normalized spacial score (nSPS) is 31.7. The van der Waals surface area contributed by atoms with E-state index in [2.05, 4.69) is 0 Å². The second-order valence-corrected chi connectivity index (χ2v) is 7.86. The third-order valence-electron chi connectivity index (χ3n) is 6.08. The monoisotopic (exact) mass is 323 g/mol. The van der Waals surface area contributed by atoms with Crippen molar-refractivity contribution in [2.24, 2.45) is 11.8 Å². The fraction of sp³-hybridized carbons (Fsp3) is 0.944. The summed E-state index contributed by atoms with van der Waals surface area (Å²) in [4.78, 5) is 14.3. The van der Waals surface area contributed by atoms with Crippen LogP contribution >= 0.6 is 0 Å². The maximum absolute atomic E-state index is 12.3. The fourth-order valence-electron chi connectivity index (χ4n) is 4.25. The third-order valence-corrected chi connectivity index (χ3v) is 6.08. The average Bonchev–Trinajstić information content (AvgIpc) is 2.50. The van der Waals surface area contributed by atoms with E-state index in [0.29, 0.717) is 23.8 Å². The Morgan fingerprint density at radius 1 is 1.09 bits per heavy atom. The molecule has 0 bridgehead atoms. The molecule has 1 amide bonds. The number of ether oxygens (including phenoxy) is 3. The Bertz CT molecular complexity index is 425. The van der Waals surface area contributed by atoms with Crippen LogP contribution in [0.25, 0.3) is 0 Å². The number of carbonyl (C=O) groups is 1. The van der Waals surface area contributed by atoms with Crippen LogP contribution in [0.15, 0.2) is 0 Å². The van der Waals surface area contributed by atoms with Crippen LogP contribution in [0.5, 0.6) is 0 Å². The molecule has 1 atom stereocenters. The molecule has 3 heterocycles. The van der Waals surface area contributed by atoms with Gasteiger partial charge >= 0.3 is 0 Å². The molecule has 0 N–H and O–H groups in total. The van der Waals surface area contributed by atoms with Gasteiger partial charge in [0.05, 0.1) is 19.2 Å². The fourth-order valence-corrected chi connectivity index (χ4v) is 4.25. The largest absolute Gasteiger partial charge is 0.381 e. The van der Waals surface area contributed by atoms with E-state index in [4.69, 9.17) is 14.2 Å². The molecule has 0 aromatic rings. The van der Waals surface area contributed by atoms with Crippen LogP contribution in [0.2, 0.25) is 0 Å². The maximum Gasteiger partial charge on any atom is 0.225 e. The minimum atomic E-state index is -0.113. The number of likely N-dealkylation sites (tertiary alicyclic amines) is 1. The summed E-state index contributed by atoms with van der Waals surface area (Å²) < 4.78 is 17.6. The third kappa shape index (κ3) is 3.42. The highest BCUT2D eigenvalue weighted by Gasteiger charge is 2.50. The lowest BCUT2D eigenvalue weighted by Gasteiger charge is -2.54. The van der Waals surface area contributed by atoms with Crippen LogP contribution in [0.1, 0.15) is 44.9 Å². The first-order valence-electron chi connectivity index (χ1n) is 9.36. The molecular weight excluding hydrogens is 294 g/mol. The van der Waals surface area contributed by atoms with Gasteiger partial charge in [0, 0.05) is 38.8 Å². The van der Waals surface area contributed by atoms with Gasteiger partial charge in [-0.25, -0.2) is 0 Å². The maximum atomic E-state index is 12.3. The van der Waals surface area contributed by atoms with Crippen molar-refractivity contribution >= 4 is 5.91 Å². The molecule has 5 heteroatoms. The average molecular weight is 323 g/mol. The molecule has 4 fully saturated rings. The molecule has 3 aliphatic heterocycles. The molecule has 4 rings (SSSR count). The molecule has 1 saturated carbocycles. The zero-order chi connectivity index (χ0) is 15.7. The number of rotatable bonds is 4. The van der Waals surface area contributed by atoms with Gasteiger partial charge in [-0.3, -0.25) is 4.79 Å². The molecule has 4 aliphatic rings. The Morgan fingerprint density at radius 3 is 2.57 bits per heavy atom. The molecule has 130 valence electrons. The first-order chi connectivity index (χ1) is 11.2. The summed E-state index contributed by atoms with van der Waals surface area (Å²) in [5.74, 6) is 1.31. The van der Waals surface area contributed by atoms with Crippen molar-refractivity contribution in [2.75, 3.05) is 39.5 Å². The van der Waals surface area contributed by atoms with E-state index in [1.165, 1.54) is 6.42 Å². The summed E-state index contributed by atoms with van der Waals surface area (Å²) in [6.45, 7) is 4.94. The van der Waals surface area contributed by atoms with Gasteiger partial charge in [0.25, 0.3) is 0 Å². The van der Waals surface area contributed by atoms with E-state index < -0.39 is 0 Å². The molecule has 0 aromatic carbocycles. The molecular formula is C18H29NO4. The van der Waals surface area contributed by atoms with Crippen molar-refractivity contribution in [1.29, 1.82) is 0 Å². The van der Waals surface area contributed by atoms with Gasteiger partial charge in [0.15, 0.2) is 0 Å². The van der Waals surface area contributed by atoms with Gasteiger partial charge < -0.3 is 19.1 Å². The van der Waals surface area contributed by atoms with E-state index >= 15 is 0 Å². The van der Waals surface area contributed by atoms with Gasteiger partial charge in [0.2, 0.25) is 5.91 Å². The van der Waals surface area contributed by atoms with E-state index in [-0.39, 0.29) is 5.60 Å². The summed E-state index contributed by atoms with van der Waals surface area (Å²) in [5, 5.41) is 0. The van der Waals surface area contributed by atoms with E-state index in [0.717, 1.165) is 78.0 Å². The predicted molar refractivity (Wildman–Crippen MR) is 85.1 cm³/mol. The Hall–Kier alpha value is -0.650. The van der Waals surface area contributed by atoms with Crippen molar-refractivity contribution in [1.82, 2.24) is 4.90 Å². The summed E-state index contributed by atoms with van der Waals surface area (Å²) in [6, 6.07) is 0. The lowest BCUT2D eigenvalue weighted by molar-refractivity contribution is -0.205. The smallest absolute Gasteiger partial charge is 0.225 e. The van der Waals surface area contributed by atoms with Gasteiger partial charge in [-0.05, 0) is 38.0 Å². The van der Waals surface area contributed by atoms with Crippen molar-refractivity contribution in [2.45, 2.75) is 56.7 Å². The molecule has 1 aliphatic carbocycles. The van der Waals surface area contributed by atoms with Crippen molar-refractivity contribution in [3.05, 3.63) is 0 Å². The molecule has 3 saturated heterocycles. The number of amides is 1. The predicted octanol–water partition coefficient (Wildman–Crippen LogP) is 1.99. The molecule has 23 heavy (non-hydrogen) atoms. The number of hydrogen-bond acceptors (Lipinski definition) is 4. The number of nitrogens with zero attached hydrogens (tertiary/aromatic N) is 1. The molecule has 5 nitrogen and oxygen atoms in total. The summed E-state index contributed by atoms with van der Waals surface area (Å²) in [5.41, 5.74) is -0.113. The van der Waals surface area contributed by atoms with Gasteiger partial charge in [0.1, 0.15) is 5.60 Å². The van der Waals surface area contributed by atoms with E-state index in [1.54, 1.807) is 0 Å². The second kappa shape index (κ2) is 6.69. The van der Waals surface area contributed by atoms with Gasteiger partial charge in [-0.15, -0.1) is 0 Å². The van der Waals surface area contributed by atoms with Crippen LogP contribution in [-0.4, -0.2) is 62.0 Å². The Balaban J connectivity index is 1.22. The lowest BCUT2D eigenvalue weighted by atomic mass is 9.80. The highest BCUT2D eigenvalue weighted by Crippen LogP contribution is 2.38. The Labute approximate surface area is 138 Å². The Kier molecular flexibility index (Phi) is 4.61. The standard InChI is InChI=1S/C18H29NO4/c20-17(15-2-1-3-15)19-12-18(13-19)10-16(6-9-23-18)22-11-14-4-7-21-8-5-14/h14-16H,1-13H2/t16-/m0/s1. The molecule has 0 aromatic heterocycles. The topological polar surface area (TPSA) is 48.0 Å². The molecule has 0 unspecified atom stereocenters. The van der Waals surface area contributed by atoms with Crippen LogP contribution in [-0.2, 0) is 19.0 Å². The number of carbonyl (C=O) groups excluding carboxylic acids is 1. The summed E-state index contributed by atoms with van der Waals surface area (Å²) in [6.07, 6.45) is 7.86. The quantitative estimate of drug-likeness (QED) is 0.794. The van der Waals surface area contributed by atoms with Crippen LogP contribution < -0.4 is 0 Å². The van der Waals surface area contributed by atoms with Crippen LogP contribution in [0, 0.1) is 11.8 Å². The van der Waals surface area contributed by atoms with Gasteiger partial charge in [-0.2, -0.15) is 0 Å². The first-order valence-corrected chi connectivity index (χ1v) is 9.36. The SMILES string of the molecule is O=C(C1CCC1)N1CC2(C[C@@H](OCC3CCOCC3)CCO2)C1. The van der Waals surface area contributed by atoms with E-state index in [9.17, 15) is 4.79 Å². The van der Waals surface area contributed by atoms with Crippen LogP contribution in [0.3, 0.4) is 0 Å².